The van der Waals surface area contributed by atoms with E-state index in [9.17, 15) is 0 Å². The number of hydrogen-bond donors (Lipinski definition) is 3. The SMILES string of the molecule is CC1CCCNC1.CCCCCc1ccccc1.OCCCO.[H-].[Na+]. The third kappa shape index (κ3) is 18.4. The van der Waals surface area contributed by atoms with Crippen LogP contribution in [0.15, 0.2) is 30.3 Å². The Morgan fingerprint density at radius 3 is 2.12 bits per heavy atom. The van der Waals surface area contributed by atoms with Crippen LogP contribution in [0.5, 0.6) is 0 Å². The first-order valence-electron chi connectivity index (χ1n) is 9.20. The molecule has 1 unspecified atom stereocenters. The van der Waals surface area contributed by atoms with Gasteiger partial charge < -0.3 is 17.0 Å². The van der Waals surface area contributed by atoms with Gasteiger partial charge in [0.15, 0.2) is 0 Å². The standard InChI is InChI=1S/C11H16.C6H13N.C3H8O2.Na.H/c1-2-3-5-8-11-9-6-4-7-10-11;1-6-3-2-4-7-5-6;4-2-1-3-5;;/h4,6-7,9-10H,2-3,5,8H2,1H3;6-7H,2-5H2,1H3;4-5H,1-3H2;;/q;;;+1;-1. The first kappa shape index (κ1) is 26.3. The zero-order valence-corrected chi connectivity index (χ0v) is 18.1. The molecule has 1 aliphatic heterocycles. The van der Waals surface area contributed by atoms with Gasteiger partial charge in [0.05, 0.1) is 0 Å². The molecule has 1 aromatic rings. The fourth-order valence-corrected chi connectivity index (χ4v) is 2.32. The molecule has 136 valence electrons. The summed E-state index contributed by atoms with van der Waals surface area (Å²) in [7, 11) is 0. The van der Waals surface area contributed by atoms with Gasteiger partial charge in [-0.3, -0.25) is 0 Å². The number of piperidine rings is 1. The van der Waals surface area contributed by atoms with Crippen LogP contribution >= 0.6 is 0 Å². The summed E-state index contributed by atoms with van der Waals surface area (Å²) in [6.45, 7) is 7.20. The minimum absolute atomic E-state index is 0. The summed E-state index contributed by atoms with van der Waals surface area (Å²) in [5.41, 5.74) is 1.47. The summed E-state index contributed by atoms with van der Waals surface area (Å²) >= 11 is 0. The van der Waals surface area contributed by atoms with Gasteiger partial charge >= 0.3 is 29.6 Å². The van der Waals surface area contributed by atoms with Crippen LogP contribution in [0.4, 0.5) is 0 Å². The van der Waals surface area contributed by atoms with Gasteiger partial charge in [0, 0.05) is 13.2 Å². The van der Waals surface area contributed by atoms with Crippen molar-refractivity contribution in [3.05, 3.63) is 35.9 Å². The van der Waals surface area contributed by atoms with Crippen molar-refractivity contribution >= 4 is 0 Å². The summed E-state index contributed by atoms with van der Waals surface area (Å²) in [5.74, 6) is 0.925. The van der Waals surface area contributed by atoms with Crippen molar-refractivity contribution in [1.29, 1.82) is 0 Å². The number of unbranched alkanes of at least 4 members (excludes halogenated alkanes) is 2. The van der Waals surface area contributed by atoms with Gasteiger partial charge in [-0.2, -0.15) is 0 Å². The number of hydrogen-bond acceptors (Lipinski definition) is 3. The van der Waals surface area contributed by atoms with Crippen molar-refractivity contribution < 1.29 is 41.2 Å². The number of aliphatic hydroxyl groups is 2. The summed E-state index contributed by atoms with van der Waals surface area (Å²) < 4.78 is 0. The van der Waals surface area contributed by atoms with Crippen LogP contribution in [0, 0.1) is 5.92 Å². The topological polar surface area (TPSA) is 52.5 Å². The van der Waals surface area contributed by atoms with Gasteiger partial charge in [-0.1, -0.05) is 57.0 Å². The maximum absolute atomic E-state index is 7.91. The minimum Gasteiger partial charge on any atom is -1.00 e. The molecule has 0 aromatic heterocycles. The number of rotatable bonds is 6. The molecule has 1 fully saturated rings. The molecule has 3 N–H and O–H groups in total. The first-order chi connectivity index (χ1) is 11.2. The molecule has 1 atom stereocenters. The normalized spacial score (nSPS) is 15.9. The van der Waals surface area contributed by atoms with Crippen LogP contribution in [0.25, 0.3) is 0 Å². The Morgan fingerprint density at radius 2 is 1.75 bits per heavy atom. The minimum atomic E-state index is 0. The molecular formula is C20H38NNaO2. The van der Waals surface area contributed by atoms with Crippen LogP contribution in [0.3, 0.4) is 0 Å². The van der Waals surface area contributed by atoms with Crippen molar-refractivity contribution in [2.75, 3.05) is 26.3 Å². The molecule has 1 saturated heterocycles. The quantitative estimate of drug-likeness (QED) is 0.529. The summed E-state index contributed by atoms with van der Waals surface area (Å²) in [6.07, 6.45) is 8.55. The summed E-state index contributed by atoms with van der Waals surface area (Å²) in [5, 5.41) is 19.1. The van der Waals surface area contributed by atoms with Crippen molar-refractivity contribution in [3.8, 4) is 0 Å². The zero-order chi connectivity index (χ0) is 17.2. The number of nitrogens with one attached hydrogen (secondary N) is 1. The van der Waals surface area contributed by atoms with Gasteiger partial charge in [-0.05, 0) is 56.7 Å². The van der Waals surface area contributed by atoms with Crippen LogP contribution in [0.1, 0.15) is 59.4 Å². The molecule has 24 heavy (non-hydrogen) atoms. The van der Waals surface area contributed by atoms with E-state index in [0.717, 1.165) is 5.92 Å². The van der Waals surface area contributed by atoms with Crippen molar-refractivity contribution in [2.24, 2.45) is 5.92 Å². The molecule has 2 rings (SSSR count). The Balaban J connectivity index is -0.000000302. The second-order valence-electron chi connectivity index (χ2n) is 6.19. The first-order valence-corrected chi connectivity index (χ1v) is 9.20. The fourth-order valence-electron chi connectivity index (χ4n) is 2.32. The Kier molecular flexibility index (Phi) is 23.2. The van der Waals surface area contributed by atoms with Crippen LogP contribution in [-0.4, -0.2) is 36.5 Å². The molecule has 1 aromatic carbocycles. The largest absolute Gasteiger partial charge is 1.00 e. The Bertz CT molecular complexity index is 334. The number of aryl methyl sites for hydroxylation is 1. The second kappa shape index (κ2) is 21.1. The maximum Gasteiger partial charge on any atom is 1.00 e. The third-order valence-corrected chi connectivity index (χ3v) is 3.77. The zero-order valence-electron chi connectivity index (χ0n) is 17.1. The van der Waals surface area contributed by atoms with Crippen molar-refractivity contribution in [2.45, 2.75) is 58.8 Å². The smallest absolute Gasteiger partial charge is 1.00 e. The van der Waals surface area contributed by atoms with Crippen LogP contribution in [0.2, 0.25) is 0 Å². The van der Waals surface area contributed by atoms with Gasteiger partial charge in [-0.15, -0.1) is 0 Å². The van der Waals surface area contributed by atoms with Gasteiger partial charge in [0.1, 0.15) is 0 Å². The van der Waals surface area contributed by atoms with Crippen LogP contribution < -0.4 is 34.9 Å². The molecule has 0 amide bonds. The molecule has 1 heterocycles. The average Bonchev–Trinajstić information content (AvgIpc) is 2.59. The molecule has 3 nitrogen and oxygen atoms in total. The monoisotopic (exact) mass is 347 g/mol. The van der Waals surface area contributed by atoms with Crippen molar-refractivity contribution in [3.63, 3.8) is 0 Å². The summed E-state index contributed by atoms with van der Waals surface area (Å²) in [4.78, 5) is 0. The molecule has 0 radical (unpaired) electrons. The van der Waals surface area contributed by atoms with E-state index >= 15 is 0 Å². The van der Waals surface area contributed by atoms with E-state index in [1.54, 1.807) is 0 Å². The fraction of sp³-hybridized carbons (Fsp3) is 0.700. The molecule has 0 spiro atoms. The molecule has 0 aliphatic carbocycles. The van der Waals surface area contributed by atoms with Gasteiger partial charge in [0.25, 0.3) is 0 Å². The number of aliphatic hydroxyl groups excluding tert-OH is 2. The Morgan fingerprint density at radius 1 is 1.08 bits per heavy atom. The van der Waals surface area contributed by atoms with E-state index < -0.39 is 0 Å². The molecule has 0 bridgehead atoms. The molecule has 0 saturated carbocycles. The maximum atomic E-state index is 7.91. The van der Waals surface area contributed by atoms with E-state index in [1.165, 1.54) is 57.2 Å². The predicted molar refractivity (Wildman–Crippen MR) is 101 cm³/mol. The molecule has 4 heteroatoms. The van der Waals surface area contributed by atoms with Gasteiger partial charge in [-0.25, -0.2) is 0 Å². The van der Waals surface area contributed by atoms with E-state index in [1.807, 2.05) is 0 Å². The molecule has 1 aliphatic rings. The number of benzene rings is 1. The predicted octanol–water partition coefficient (Wildman–Crippen LogP) is 0.903. The second-order valence-corrected chi connectivity index (χ2v) is 6.19. The van der Waals surface area contributed by atoms with E-state index in [0.29, 0.717) is 6.42 Å². The van der Waals surface area contributed by atoms with Crippen LogP contribution in [-0.2, 0) is 6.42 Å². The van der Waals surface area contributed by atoms with E-state index in [-0.39, 0.29) is 44.2 Å². The Hall–Kier alpha value is 0.1000. The third-order valence-electron chi connectivity index (χ3n) is 3.77. The van der Waals surface area contributed by atoms with E-state index in [4.69, 9.17) is 10.2 Å². The van der Waals surface area contributed by atoms with Gasteiger partial charge in [0.2, 0.25) is 0 Å². The van der Waals surface area contributed by atoms with E-state index in [2.05, 4.69) is 49.5 Å². The average molecular weight is 348 g/mol. The molecular weight excluding hydrogens is 309 g/mol. The Labute approximate surface area is 173 Å². The van der Waals surface area contributed by atoms with Crippen molar-refractivity contribution in [1.82, 2.24) is 5.32 Å². The summed E-state index contributed by atoms with van der Waals surface area (Å²) in [6, 6.07) is 10.7.